The molecule has 0 bridgehead atoms. The number of morpholine rings is 2. The Bertz CT molecular complexity index is 3290. The minimum atomic E-state index is -1.22. The number of ether oxygens (including phenoxy) is 2. The number of carbonyl (C=O) groups is 2. The van der Waals surface area contributed by atoms with Crippen molar-refractivity contribution in [2.24, 2.45) is 0 Å². The molecule has 8 heterocycles. The molecule has 6 saturated heterocycles. The van der Waals surface area contributed by atoms with Crippen LogP contribution in [0.1, 0.15) is 91.0 Å². The maximum absolute atomic E-state index is 13.5. The van der Waals surface area contributed by atoms with E-state index in [-0.39, 0.29) is 17.6 Å². The number of rotatable bonds is 14. The lowest BCUT2D eigenvalue weighted by Crippen LogP contribution is -2.56. The van der Waals surface area contributed by atoms with Crippen LogP contribution in [0.2, 0.25) is 0 Å². The van der Waals surface area contributed by atoms with E-state index >= 15 is 0 Å². The largest absolute Gasteiger partial charge is 0.389 e. The van der Waals surface area contributed by atoms with Gasteiger partial charge >= 0.3 is 0 Å². The number of aromatic nitrogens is 2. The standard InChI is InChI=1S/C34H44N4O4.C33H40BrFN4O4/c1-25-3-2-4-26(21-25)5-8-33(40)38-15-11-34(41,12-16-38)32(39)24-36-13-9-27(10-14-36)30-23-35-31-7-6-28(22-29(30)31)37-17-19-42-20-18-37;34-28-19-23(1-4-29(28)35)2-6-32(41)39-13-9-33(42,10-14-39)31(40)22-37-11-7-24(8-12-37)27-21-36-30-5-3-25(20-26(27)30)38-15-17-43-18-16-38/h2-8,21-23,27,32,35,39,41H,9-20,24H2,1H3;1-6,19-21,24,31,36,40,42H,7-18,22H2/b8-5+;6-2+. The number of hydrogen-bond donors (Lipinski definition) is 6. The number of halogens is 2. The van der Waals surface area contributed by atoms with Crippen LogP contribution in [0, 0.1) is 12.7 Å². The fourth-order valence-corrected chi connectivity index (χ4v) is 13.9. The first-order valence-electron chi connectivity index (χ1n) is 30.8. The molecule has 0 saturated carbocycles. The lowest BCUT2D eigenvalue weighted by Gasteiger charge is -2.43. The zero-order valence-corrected chi connectivity index (χ0v) is 50.6. The van der Waals surface area contributed by atoms with Crippen LogP contribution in [0.25, 0.3) is 34.0 Å². The number of β-amino-alcohol motifs (C(OH)–C–C–N with tert-alkyl or cyclic N) is 2. The van der Waals surface area contributed by atoms with Gasteiger partial charge < -0.3 is 69.3 Å². The van der Waals surface area contributed by atoms with E-state index in [1.54, 1.807) is 34.1 Å². The number of nitrogens with zero attached hydrogens (tertiary/aromatic N) is 6. The second kappa shape index (κ2) is 27.4. The number of H-pyrrole nitrogens is 2. The summed E-state index contributed by atoms with van der Waals surface area (Å²) in [6, 6.07) is 26.0. The molecule has 2 unspecified atom stereocenters. The molecule has 85 heavy (non-hydrogen) atoms. The van der Waals surface area contributed by atoms with Crippen LogP contribution in [-0.4, -0.2) is 203 Å². The number of nitrogens with one attached hydrogen (secondary N) is 2. The number of hydrogen-bond acceptors (Lipinski definition) is 12. The monoisotopic (exact) mass is 1230 g/mol. The van der Waals surface area contributed by atoms with Gasteiger partial charge in [0, 0.05) is 123 Å². The van der Waals surface area contributed by atoms with Gasteiger partial charge in [0.25, 0.3) is 0 Å². The minimum absolute atomic E-state index is 0.0514. The highest BCUT2D eigenvalue weighted by Gasteiger charge is 2.42. The van der Waals surface area contributed by atoms with E-state index in [9.17, 15) is 34.4 Å². The summed E-state index contributed by atoms with van der Waals surface area (Å²) in [5.74, 6) is 0.354. The summed E-state index contributed by atoms with van der Waals surface area (Å²) in [6.45, 7) is 14.8. The molecule has 454 valence electrons. The van der Waals surface area contributed by atoms with Crippen molar-refractivity contribution in [2.45, 2.75) is 93.5 Å². The molecule has 2 atom stereocenters. The first-order valence-corrected chi connectivity index (χ1v) is 31.5. The van der Waals surface area contributed by atoms with Gasteiger partial charge in [-0.05, 0) is 195 Å². The molecular formula is C67H84BrFN8O8. The van der Waals surface area contributed by atoms with Crippen LogP contribution in [0.15, 0.2) is 108 Å². The van der Waals surface area contributed by atoms with Crippen molar-refractivity contribution in [2.75, 3.05) is 128 Å². The SMILES string of the molecule is Cc1cccc(/C=C/C(=O)N2CCC(O)(C(O)CN3CCC(c4c[nH]c5ccc(N6CCOCC6)cc45)CC3)CC2)c1.O=C(/C=C/c1ccc(F)c(Br)c1)N1CCC(O)(C(O)CN2CCC(c3c[nH]c4ccc(N5CCOCC5)cc34)CC2)CC1. The molecule has 2 amide bonds. The molecule has 16 nitrogen and oxygen atoms in total. The van der Waals surface area contributed by atoms with Crippen molar-refractivity contribution >= 4 is 73.1 Å². The molecule has 6 aromatic rings. The van der Waals surface area contributed by atoms with Crippen molar-refractivity contribution in [3.63, 3.8) is 0 Å². The van der Waals surface area contributed by atoms with E-state index in [2.05, 4.69) is 94.3 Å². The summed E-state index contributed by atoms with van der Waals surface area (Å²) < 4.78 is 24.9. The van der Waals surface area contributed by atoms with E-state index < -0.39 is 23.4 Å². The van der Waals surface area contributed by atoms with Crippen molar-refractivity contribution in [1.82, 2.24) is 29.6 Å². The van der Waals surface area contributed by atoms with Crippen molar-refractivity contribution in [3.05, 3.63) is 142 Å². The first kappa shape index (κ1) is 60.7. The molecule has 6 aliphatic heterocycles. The molecule has 18 heteroatoms. The molecule has 0 radical (unpaired) electrons. The Morgan fingerprint density at radius 1 is 0.600 bits per heavy atom. The van der Waals surface area contributed by atoms with Gasteiger partial charge in [0.05, 0.1) is 54.3 Å². The summed E-state index contributed by atoms with van der Waals surface area (Å²) in [4.78, 5) is 45.2. The Kier molecular flexibility index (Phi) is 19.6. The highest BCUT2D eigenvalue weighted by atomic mass is 79.9. The van der Waals surface area contributed by atoms with Crippen LogP contribution >= 0.6 is 15.9 Å². The third kappa shape index (κ3) is 14.7. The lowest BCUT2D eigenvalue weighted by molar-refractivity contribution is -0.140. The molecule has 4 aromatic carbocycles. The molecule has 0 aliphatic carbocycles. The summed E-state index contributed by atoms with van der Waals surface area (Å²) in [6.07, 6.45) is 14.7. The van der Waals surface area contributed by atoms with Gasteiger partial charge in [-0.15, -0.1) is 0 Å². The predicted molar refractivity (Wildman–Crippen MR) is 336 cm³/mol. The van der Waals surface area contributed by atoms with Gasteiger partial charge in [-0.3, -0.25) is 9.59 Å². The Labute approximate surface area is 507 Å². The van der Waals surface area contributed by atoms with Crippen LogP contribution in [-0.2, 0) is 19.1 Å². The van der Waals surface area contributed by atoms with Gasteiger partial charge in [0.2, 0.25) is 11.8 Å². The third-order valence-corrected chi connectivity index (χ3v) is 19.6. The van der Waals surface area contributed by atoms with Crippen molar-refractivity contribution in [1.29, 1.82) is 0 Å². The van der Waals surface area contributed by atoms with Crippen LogP contribution < -0.4 is 9.80 Å². The smallest absolute Gasteiger partial charge is 0.246 e. The van der Waals surface area contributed by atoms with Crippen molar-refractivity contribution < 1.29 is 43.9 Å². The van der Waals surface area contributed by atoms with Crippen molar-refractivity contribution in [3.8, 4) is 0 Å². The van der Waals surface area contributed by atoms with Crippen LogP contribution in [0.4, 0.5) is 15.8 Å². The van der Waals surface area contributed by atoms with Gasteiger partial charge in [0.15, 0.2) is 0 Å². The zero-order chi connectivity index (χ0) is 59.1. The second-order valence-electron chi connectivity index (χ2n) is 24.4. The number of aliphatic hydroxyl groups is 4. The van der Waals surface area contributed by atoms with E-state index in [1.165, 1.54) is 50.9 Å². The predicted octanol–water partition coefficient (Wildman–Crippen LogP) is 8.43. The van der Waals surface area contributed by atoms with E-state index in [1.807, 2.05) is 37.3 Å². The summed E-state index contributed by atoms with van der Waals surface area (Å²) >= 11 is 3.16. The molecule has 6 N–H and O–H groups in total. The zero-order valence-electron chi connectivity index (χ0n) is 49.0. The molecule has 6 aliphatic rings. The van der Waals surface area contributed by atoms with Crippen LogP contribution in [0.5, 0.6) is 0 Å². The minimum Gasteiger partial charge on any atom is -0.389 e. The van der Waals surface area contributed by atoms with Crippen LogP contribution in [0.3, 0.4) is 0 Å². The van der Waals surface area contributed by atoms with E-state index in [0.717, 1.165) is 127 Å². The number of aryl methyl sites for hydroxylation is 1. The Morgan fingerprint density at radius 2 is 1.04 bits per heavy atom. The van der Waals surface area contributed by atoms with E-state index in [4.69, 9.17) is 9.47 Å². The summed E-state index contributed by atoms with van der Waals surface area (Å²) in [5, 5.41) is 47.4. The molecule has 0 spiro atoms. The average Bonchev–Trinajstić information content (AvgIpc) is 3.53. The summed E-state index contributed by atoms with van der Waals surface area (Å²) in [7, 11) is 0. The second-order valence-corrected chi connectivity index (χ2v) is 25.3. The quantitative estimate of drug-likeness (QED) is 0.0574. The average molecular weight is 1230 g/mol. The van der Waals surface area contributed by atoms with Gasteiger partial charge in [-0.25, -0.2) is 4.39 Å². The molecular weight excluding hydrogens is 1140 g/mol. The highest BCUT2D eigenvalue weighted by Crippen LogP contribution is 2.38. The highest BCUT2D eigenvalue weighted by molar-refractivity contribution is 9.10. The Balaban J connectivity index is 0.000000177. The third-order valence-electron chi connectivity index (χ3n) is 19.0. The van der Waals surface area contributed by atoms with E-state index in [0.29, 0.717) is 81.3 Å². The number of anilines is 2. The number of amides is 2. The fourth-order valence-electron chi connectivity index (χ4n) is 13.5. The number of aliphatic hydroxyl groups excluding tert-OH is 2. The normalized spacial score (nSPS) is 21.2. The maximum Gasteiger partial charge on any atom is 0.246 e. The number of piperidine rings is 4. The lowest BCUT2D eigenvalue weighted by atomic mass is 9.84. The van der Waals surface area contributed by atoms with Gasteiger partial charge in [0.1, 0.15) is 5.82 Å². The Hall–Kier alpha value is -5.93. The number of likely N-dealkylation sites (tertiary alicyclic amines) is 4. The summed E-state index contributed by atoms with van der Waals surface area (Å²) in [5.41, 5.74) is 8.08. The number of fused-ring (bicyclic) bond motifs is 2. The Morgan fingerprint density at radius 3 is 1.46 bits per heavy atom. The number of aromatic amines is 2. The van der Waals surface area contributed by atoms with Gasteiger partial charge in [-0.1, -0.05) is 35.9 Å². The molecule has 12 rings (SSSR count). The topological polar surface area (TPSA) is 185 Å². The number of benzene rings is 4. The maximum atomic E-state index is 13.5. The molecule has 2 aromatic heterocycles. The fraction of sp³-hybridized carbons (Fsp3) is 0.493. The molecule has 6 fully saturated rings. The number of carbonyl (C=O) groups excluding carboxylic acids is 2. The first-order chi connectivity index (χ1) is 41.2. The van der Waals surface area contributed by atoms with Gasteiger partial charge in [-0.2, -0.15) is 0 Å².